The molecule has 0 aromatic heterocycles. The zero-order valence-electron chi connectivity index (χ0n) is 11.1. The third-order valence-electron chi connectivity index (χ3n) is 2.86. The minimum Gasteiger partial charge on any atom is -0.494 e. The molecule has 7 heteroatoms. The van der Waals surface area contributed by atoms with Gasteiger partial charge in [0, 0.05) is 6.54 Å². The largest absolute Gasteiger partial charge is 0.494 e. The Kier molecular flexibility index (Phi) is 4.54. The Morgan fingerprint density at radius 3 is 2.65 bits per heavy atom. The van der Waals surface area contributed by atoms with Crippen molar-refractivity contribution in [2.75, 3.05) is 13.2 Å². The maximum atomic E-state index is 11.5. The van der Waals surface area contributed by atoms with E-state index in [-0.39, 0.29) is 0 Å². The van der Waals surface area contributed by atoms with Crippen LogP contribution in [0.1, 0.15) is 12.5 Å². The van der Waals surface area contributed by atoms with Crippen molar-refractivity contribution in [3.8, 4) is 5.75 Å². The number of nitrogens with zero attached hydrogens (tertiary/aromatic N) is 1. The van der Waals surface area contributed by atoms with Crippen molar-refractivity contribution in [3.05, 3.63) is 29.8 Å². The number of amides is 3. The van der Waals surface area contributed by atoms with Crippen molar-refractivity contribution in [1.82, 2.24) is 15.8 Å². The summed E-state index contributed by atoms with van der Waals surface area (Å²) in [6.45, 7) is 2.87. The van der Waals surface area contributed by atoms with E-state index in [1.165, 1.54) is 5.01 Å². The number of hydrazine groups is 1. The molecule has 1 fully saturated rings. The lowest BCUT2D eigenvalue weighted by Gasteiger charge is -2.30. The molecule has 0 radical (unpaired) electrons. The number of hydrogen-bond acceptors (Lipinski definition) is 5. The van der Waals surface area contributed by atoms with Gasteiger partial charge in [-0.2, -0.15) is 5.43 Å². The van der Waals surface area contributed by atoms with Crippen molar-refractivity contribution < 1.29 is 19.4 Å². The van der Waals surface area contributed by atoms with E-state index in [1.807, 2.05) is 31.2 Å². The summed E-state index contributed by atoms with van der Waals surface area (Å²) in [4.78, 5) is 22.5. The van der Waals surface area contributed by atoms with Crippen molar-refractivity contribution >= 4 is 11.9 Å². The van der Waals surface area contributed by atoms with Crippen molar-refractivity contribution in [1.29, 1.82) is 0 Å². The van der Waals surface area contributed by atoms with Crippen LogP contribution in [0.15, 0.2) is 24.3 Å². The summed E-state index contributed by atoms with van der Waals surface area (Å²) in [5.74, 6) is 0.0541. The van der Waals surface area contributed by atoms with E-state index in [2.05, 4.69) is 10.7 Å². The van der Waals surface area contributed by atoms with Crippen LogP contribution in [0, 0.1) is 0 Å². The SMILES string of the molecule is CCOc1ccc(CCN2NC(O)C(=O)NC2=O)cc1. The second kappa shape index (κ2) is 6.36. The van der Waals surface area contributed by atoms with Gasteiger partial charge in [-0.05, 0) is 31.0 Å². The van der Waals surface area contributed by atoms with Gasteiger partial charge in [-0.25, -0.2) is 4.79 Å². The molecule has 1 heterocycles. The molecule has 1 saturated heterocycles. The minimum atomic E-state index is -1.40. The topological polar surface area (TPSA) is 90.9 Å². The molecule has 1 aromatic carbocycles. The zero-order chi connectivity index (χ0) is 14.5. The lowest BCUT2D eigenvalue weighted by Crippen LogP contribution is -2.64. The van der Waals surface area contributed by atoms with Crippen LogP contribution in [0.3, 0.4) is 0 Å². The molecule has 1 aliphatic rings. The van der Waals surface area contributed by atoms with Crippen LogP contribution in [0.25, 0.3) is 0 Å². The molecular formula is C13H17N3O4. The molecule has 1 unspecified atom stereocenters. The first-order valence-corrected chi connectivity index (χ1v) is 6.38. The molecule has 0 spiro atoms. The summed E-state index contributed by atoms with van der Waals surface area (Å²) in [5.41, 5.74) is 3.44. The Balaban J connectivity index is 1.88. The van der Waals surface area contributed by atoms with Gasteiger partial charge in [-0.3, -0.25) is 15.1 Å². The molecule has 0 bridgehead atoms. The fraction of sp³-hybridized carbons (Fsp3) is 0.385. The summed E-state index contributed by atoms with van der Waals surface area (Å²) >= 11 is 0. The Labute approximate surface area is 116 Å². The second-order valence-electron chi connectivity index (χ2n) is 4.30. The predicted octanol–water partition coefficient (Wildman–Crippen LogP) is 0.00260. The van der Waals surface area contributed by atoms with Gasteiger partial charge in [0.1, 0.15) is 5.75 Å². The Bertz CT molecular complexity index is 489. The first-order valence-electron chi connectivity index (χ1n) is 6.38. The Hall–Kier alpha value is -2.12. The Morgan fingerprint density at radius 1 is 1.30 bits per heavy atom. The normalized spacial score (nSPS) is 18.9. The molecule has 0 aliphatic carbocycles. The highest BCUT2D eigenvalue weighted by atomic mass is 16.5. The number of carbonyl (C=O) groups excluding carboxylic acids is 2. The number of benzene rings is 1. The van der Waals surface area contributed by atoms with Gasteiger partial charge in [0.15, 0.2) is 0 Å². The number of rotatable bonds is 5. The van der Waals surface area contributed by atoms with Crippen LogP contribution in [0.2, 0.25) is 0 Å². The van der Waals surface area contributed by atoms with E-state index in [0.717, 1.165) is 11.3 Å². The number of carbonyl (C=O) groups is 2. The van der Waals surface area contributed by atoms with Gasteiger partial charge < -0.3 is 9.84 Å². The summed E-state index contributed by atoms with van der Waals surface area (Å²) in [7, 11) is 0. The lowest BCUT2D eigenvalue weighted by molar-refractivity contribution is -0.135. The summed E-state index contributed by atoms with van der Waals surface area (Å²) in [6, 6.07) is 6.98. The van der Waals surface area contributed by atoms with E-state index < -0.39 is 18.2 Å². The van der Waals surface area contributed by atoms with Gasteiger partial charge in [0.2, 0.25) is 6.23 Å². The minimum absolute atomic E-state index is 0.337. The summed E-state index contributed by atoms with van der Waals surface area (Å²) in [5, 5.41) is 12.6. The van der Waals surface area contributed by atoms with Crippen molar-refractivity contribution in [2.24, 2.45) is 0 Å². The molecule has 7 nitrogen and oxygen atoms in total. The van der Waals surface area contributed by atoms with Crippen LogP contribution < -0.4 is 15.5 Å². The van der Waals surface area contributed by atoms with Gasteiger partial charge in [0.05, 0.1) is 6.61 Å². The van der Waals surface area contributed by atoms with Crippen LogP contribution in [-0.4, -0.2) is 41.4 Å². The molecule has 3 N–H and O–H groups in total. The maximum Gasteiger partial charge on any atom is 0.338 e. The number of imide groups is 1. The molecule has 1 aliphatic heterocycles. The van der Waals surface area contributed by atoms with Gasteiger partial charge in [0.25, 0.3) is 5.91 Å². The molecule has 1 aromatic rings. The fourth-order valence-corrected chi connectivity index (χ4v) is 1.83. The van der Waals surface area contributed by atoms with Gasteiger partial charge >= 0.3 is 6.03 Å². The van der Waals surface area contributed by atoms with E-state index in [0.29, 0.717) is 19.6 Å². The van der Waals surface area contributed by atoms with Gasteiger partial charge in [-0.1, -0.05) is 12.1 Å². The average molecular weight is 279 g/mol. The number of hydrogen-bond donors (Lipinski definition) is 3. The third kappa shape index (κ3) is 3.46. The van der Waals surface area contributed by atoms with Crippen LogP contribution in [-0.2, 0) is 11.2 Å². The number of aliphatic hydroxyl groups is 1. The average Bonchev–Trinajstić information content (AvgIpc) is 2.43. The predicted molar refractivity (Wildman–Crippen MR) is 70.7 cm³/mol. The van der Waals surface area contributed by atoms with E-state index in [1.54, 1.807) is 0 Å². The van der Waals surface area contributed by atoms with E-state index >= 15 is 0 Å². The number of urea groups is 1. The highest BCUT2D eigenvalue weighted by Gasteiger charge is 2.29. The van der Waals surface area contributed by atoms with Crippen LogP contribution in [0.5, 0.6) is 5.75 Å². The molecular weight excluding hydrogens is 262 g/mol. The summed E-state index contributed by atoms with van der Waals surface area (Å²) < 4.78 is 5.34. The smallest absolute Gasteiger partial charge is 0.338 e. The highest BCUT2D eigenvalue weighted by Crippen LogP contribution is 2.12. The second-order valence-corrected chi connectivity index (χ2v) is 4.30. The van der Waals surface area contributed by atoms with E-state index in [9.17, 15) is 14.7 Å². The Morgan fingerprint density at radius 2 is 2.00 bits per heavy atom. The first kappa shape index (κ1) is 14.3. The molecule has 3 amide bonds. The number of ether oxygens (including phenoxy) is 1. The van der Waals surface area contributed by atoms with Crippen LogP contribution in [0.4, 0.5) is 4.79 Å². The standard InChI is InChI=1S/C13H17N3O4/c1-2-20-10-5-3-9(4-6-10)7-8-16-13(19)14-11(17)12(18)15-16/h3-6,12,15,18H,2,7-8H2,1H3,(H,14,17,19). The van der Waals surface area contributed by atoms with Crippen molar-refractivity contribution in [2.45, 2.75) is 19.6 Å². The molecule has 108 valence electrons. The number of aliphatic hydroxyl groups excluding tert-OH is 1. The first-order chi connectivity index (χ1) is 9.60. The lowest BCUT2D eigenvalue weighted by atomic mass is 10.1. The van der Waals surface area contributed by atoms with Crippen molar-refractivity contribution in [3.63, 3.8) is 0 Å². The quantitative estimate of drug-likeness (QED) is 0.706. The number of nitrogens with one attached hydrogen (secondary N) is 2. The monoisotopic (exact) mass is 279 g/mol. The zero-order valence-corrected chi connectivity index (χ0v) is 11.1. The fourth-order valence-electron chi connectivity index (χ4n) is 1.83. The summed E-state index contributed by atoms with van der Waals surface area (Å²) in [6.07, 6.45) is -0.804. The molecule has 1 atom stereocenters. The molecule has 2 rings (SSSR count). The highest BCUT2D eigenvalue weighted by molar-refractivity contribution is 5.98. The molecule has 20 heavy (non-hydrogen) atoms. The van der Waals surface area contributed by atoms with Gasteiger partial charge in [-0.15, -0.1) is 0 Å². The van der Waals surface area contributed by atoms with Crippen LogP contribution >= 0.6 is 0 Å². The van der Waals surface area contributed by atoms with E-state index in [4.69, 9.17) is 4.74 Å². The molecule has 0 saturated carbocycles. The third-order valence-corrected chi connectivity index (χ3v) is 2.86. The maximum absolute atomic E-state index is 11.5.